The lowest BCUT2D eigenvalue weighted by Gasteiger charge is -2.09. The number of thioether (sulfide) groups is 1. The highest BCUT2D eigenvalue weighted by molar-refractivity contribution is 8.03. The number of Topliss-reactive ketones (excluding diaryl/α,β-unsaturated/α-hetero) is 1. The molecular formula is C21H15Cl3OS2. The zero-order valence-corrected chi connectivity index (χ0v) is 18.2. The molecule has 0 bridgehead atoms. The van der Waals surface area contributed by atoms with E-state index in [9.17, 15) is 4.79 Å². The Hall–Kier alpha value is -1.23. The number of rotatable bonds is 6. The van der Waals surface area contributed by atoms with Crippen LogP contribution in [0.25, 0.3) is 6.08 Å². The van der Waals surface area contributed by atoms with Crippen LogP contribution in [0, 0.1) is 6.92 Å². The second-order valence-corrected chi connectivity index (χ2v) is 9.08. The largest absolute Gasteiger partial charge is 0.288 e. The Morgan fingerprint density at radius 3 is 2.37 bits per heavy atom. The van der Waals surface area contributed by atoms with Crippen LogP contribution in [0.2, 0.25) is 15.1 Å². The summed E-state index contributed by atoms with van der Waals surface area (Å²) in [5.74, 6) is 0.542. The van der Waals surface area contributed by atoms with Gasteiger partial charge in [-0.2, -0.15) is 0 Å². The summed E-state index contributed by atoms with van der Waals surface area (Å²) in [6.45, 7) is 2.04. The van der Waals surface area contributed by atoms with Crippen molar-refractivity contribution < 1.29 is 4.79 Å². The van der Waals surface area contributed by atoms with Crippen LogP contribution in [0.4, 0.5) is 0 Å². The third kappa shape index (κ3) is 5.40. The number of carbonyl (C=O) groups is 1. The molecule has 0 amide bonds. The lowest BCUT2D eigenvalue weighted by Crippen LogP contribution is -2.01. The zero-order valence-electron chi connectivity index (χ0n) is 14.3. The summed E-state index contributed by atoms with van der Waals surface area (Å²) in [4.78, 5) is 14.8. The minimum absolute atomic E-state index is 0.0328. The van der Waals surface area contributed by atoms with Crippen molar-refractivity contribution >= 4 is 69.8 Å². The van der Waals surface area contributed by atoms with Gasteiger partial charge in [0.2, 0.25) is 0 Å². The molecule has 0 atom stereocenters. The van der Waals surface area contributed by atoms with Gasteiger partial charge in [-0.05, 0) is 72.0 Å². The number of carbonyl (C=O) groups excluding carboxylic acids is 1. The fraction of sp³-hybridized carbons (Fsp3) is 0.0952. The molecule has 0 aliphatic rings. The van der Waals surface area contributed by atoms with Crippen molar-refractivity contribution in [1.82, 2.24) is 0 Å². The van der Waals surface area contributed by atoms with Gasteiger partial charge in [-0.1, -0.05) is 40.9 Å². The van der Waals surface area contributed by atoms with Gasteiger partial charge in [-0.15, -0.1) is 23.1 Å². The number of aryl methyl sites for hydroxylation is 1. The van der Waals surface area contributed by atoms with Gasteiger partial charge in [0.15, 0.2) is 5.78 Å². The molecule has 27 heavy (non-hydrogen) atoms. The number of hydrogen-bond acceptors (Lipinski definition) is 3. The van der Waals surface area contributed by atoms with Gasteiger partial charge in [0.25, 0.3) is 0 Å². The van der Waals surface area contributed by atoms with E-state index < -0.39 is 0 Å². The summed E-state index contributed by atoms with van der Waals surface area (Å²) in [5.41, 5.74) is 2.69. The van der Waals surface area contributed by atoms with Crippen LogP contribution < -0.4 is 0 Å². The molecular weight excluding hydrogens is 439 g/mol. The molecule has 0 aliphatic carbocycles. The van der Waals surface area contributed by atoms with Crippen molar-refractivity contribution in [2.24, 2.45) is 0 Å². The van der Waals surface area contributed by atoms with Gasteiger partial charge in [0.1, 0.15) is 0 Å². The standard InChI is InChI=1S/C21H15Cl3OS2/c1-13-8-9-26-19(13)11-20(21(25)14-2-5-16(22)6-3-14)27-12-15-4-7-17(23)10-18(15)24/h2-11H,12H2,1H3/b20-11+. The molecule has 2 aromatic carbocycles. The van der Waals surface area contributed by atoms with E-state index in [1.165, 1.54) is 11.8 Å². The van der Waals surface area contributed by atoms with E-state index in [1.807, 2.05) is 30.5 Å². The Morgan fingerprint density at radius 1 is 1.04 bits per heavy atom. The Labute approximate surface area is 182 Å². The van der Waals surface area contributed by atoms with Crippen LogP contribution in [0.15, 0.2) is 58.8 Å². The second kappa shape index (κ2) is 9.31. The van der Waals surface area contributed by atoms with E-state index in [4.69, 9.17) is 34.8 Å². The molecule has 3 aromatic rings. The number of thiophene rings is 1. The third-order valence-corrected chi connectivity index (χ3v) is 6.77. The topological polar surface area (TPSA) is 17.1 Å². The van der Waals surface area contributed by atoms with Gasteiger partial charge >= 0.3 is 0 Å². The monoisotopic (exact) mass is 452 g/mol. The van der Waals surface area contributed by atoms with Crippen molar-refractivity contribution in [3.63, 3.8) is 0 Å². The highest BCUT2D eigenvalue weighted by Gasteiger charge is 2.15. The first-order valence-corrected chi connectivity index (χ1v) is 11.1. The fourth-order valence-electron chi connectivity index (χ4n) is 2.36. The van der Waals surface area contributed by atoms with Crippen molar-refractivity contribution in [1.29, 1.82) is 0 Å². The van der Waals surface area contributed by atoms with Crippen molar-refractivity contribution in [3.8, 4) is 0 Å². The van der Waals surface area contributed by atoms with Gasteiger partial charge in [-0.25, -0.2) is 0 Å². The average Bonchev–Trinajstić information content (AvgIpc) is 3.04. The number of allylic oxidation sites excluding steroid dienone is 1. The number of hydrogen-bond donors (Lipinski definition) is 0. The summed E-state index contributed by atoms with van der Waals surface area (Å²) < 4.78 is 0. The Balaban J connectivity index is 1.90. The summed E-state index contributed by atoms with van der Waals surface area (Å²) in [6, 6.07) is 14.4. The molecule has 0 spiro atoms. The molecule has 1 aromatic heterocycles. The fourth-order valence-corrected chi connectivity index (χ4v) is 4.99. The first kappa shape index (κ1) is 20.5. The van der Waals surface area contributed by atoms with Crippen LogP contribution in [-0.2, 0) is 5.75 Å². The van der Waals surface area contributed by atoms with Crippen LogP contribution in [0.3, 0.4) is 0 Å². The molecule has 0 saturated carbocycles. The van der Waals surface area contributed by atoms with Crippen molar-refractivity contribution in [3.05, 3.63) is 95.5 Å². The SMILES string of the molecule is Cc1ccsc1/C=C(/SCc1ccc(Cl)cc1Cl)C(=O)c1ccc(Cl)cc1. The van der Waals surface area contributed by atoms with Crippen molar-refractivity contribution in [2.75, 3.05) is 0 Å². The summed E-state index contributed by atoms with van der Waals surface area (Å²) in [6.07, 6.45) is 1.95. The number of ketones is 1. The molecule has 1 nitrogen and oxygen atoms in total. The van der Waals surface area contributed by atoms with E-state index in [1.54, 1.807) is 47.7 Å². The lowest BCUT2D eigenvalue weighted by molar-refractivity contribution is 0.104. The smallest absolute Gasteiger partial charge is 0.199 e. The quantitative estimate of drug-likeness (QED) is 0.276. The Morgan fingerprint density at radius 2 is 1.74 bits per heavy atom. The van der Waals surface area contributed by atoms with Crippen molar-refractivity contribution in [2.45, 2.75) is 12.7 Å². The predicted octanol–water partition coefficient (Wildman–Crippen LogP) is 8.17. The minimum atomic E-state index is -0.0328. The van der Waals surface area contributed by atoms with E-state index in [0.717, 1.165) is 16.0 Å². The minimum Gasteiger partial charge on any atom is -0.288 e. The lowest BCUT2D eigenvalue weighted by atomic mass is 10.1. The van der Waals surface area contributed by atoms with Gasteiger partial charge in [0, 0.05) is 31.3 Å². The van der Waals surface area contributed by atoms with Crippen LogP contribution in [0.1, 0.15) is 26.4 Å². The summed E-state index contributed by atoms with van der Waals surface area (Å²) >= 11 is 21.3. The molecule has 6 heteroatoms. The highest BCUT2D eigenvalue weighted by atomic mass is 35.5. The molecule has 0 fully saturated rings. The van der Waals surface area contributed by atoms with E-state index in [-0.39, 0.29) is 5.78 Å². The molecule has 138 valence electrons. The maximum absolute atomic E-state index is 13.1. The van der Waals surface area contributed by atoms with Crippen LogP contribution in [-0.4, -0.2) is 5.78 Å². The first-order chi connectivity index (χ1) is 12.9. The summed E-state index contributed by atoms with van der Waals surface area (Å²) in [5, 5.41) is 3.81. The summed E-state index contributed by atoms with van der Waals surface area (Å²) in [7, 11) is 0. The van der Waals surface area contributed by atoms with Gasteiger partial charge < -0.3 is 0 Å². The molecule has 0 radical (unpaired) electrons. The van der Waals surface area contributed by atoms with Gasteiger partial charge in [-0.3, -0.25) is 4.79 Å². The third-order valence-electron chi connectivity index (χ3n) is 3.89. The molecule has 0 saturated heterocycles. The van der Waals surface area contributed by atoms with Crippen LogP contribution in [0.5, 0.6) is 0 Å². The Kier molecular flexibility index (Phi) is 7.07. The molecule has 0 unspecified atom stereocenters. The predicted molar refractivity (Wildman–Crippen MR) is 121 cm³/mol. The van der Waals surface area contributed by atoms with E-state index >= 15 is 0 Å². The molecule has 1 heterocycles. The zero-order chi connectivity index (χ0) is 19.4. The van der Waals surface area contributed by atoms with E-state index in [0.29, 0.717) is 31.3 Å². The maximum Gasteiger partial charge on any atom is 0.199 e. The maximum atomic E-state index is 13.1. The Bertz CT molecular complexity index is 991. The molecule has 0 N–H and O–H groups in total. The number of halogens is 3. The highest BCUT2D eigenvalue weighted by Crippen LogP contribution is 2.32. The van der Waals surface area contributed by atoms with E-state index in [2.05, 4.69) is 0 Å². The average molecular weight is 454 g/mol. The van der Waals surface area contributed by atoms with Crippen LogP contribution >= 0.6 is 57.9 Å². The normalized spacial score (nSPS) is 11.6. The number of benzene rings is 2. The molecule has 3 rings (SSSR count). The second-order valence-electron chi connectivity index (χ2n) is 5.84. The van der Waals surface area contributed by atoms with Gasteiger partial charge in [0.05, 0.1) is 4.91 Å². The first-order valence-electron chi connectivity index (χ1n) is 8.07. The molecule has 0 aliphatic heterocycles.